The van der Waals surface area contributed by atoms with Gasteiger partial charge in [-0.3, -0.25) is 14.5 Å². The molecule has 2 aromatic rings. The number of carbonyl (C=O) groups excluding carboxylic acids is 2. The van der Waals surface area contributed by atoms with Gasteiger partial charge in [0.05, 0.1) is 11.2 Å². The molecule has 4 nitrogen and oxygen atoms in total. The number of aryl methyl sites for hydroxylation is 1. The number of nitrogens with zero attached hydrogens (tertiary/aromatic N) is 1. The summed E-state index contributed by atoms with van der Waals surface area (Å²) in [4.78, 5) is 26.8. The molecule has 0 aliphatic carbocycles. The minimum atomic E-state index is -0.632. The Bertz CT molecular complexity index is 896. The molecule has 0 spiro atoms. The van der Waals surface area contributed by atoms with Gasteiger partial charge in [-0.25, -0.2) is 0 Å². The van der Waals surface area contributed by atoms with Crippen LogP contribution in [-0.2, 0) is 9.59 Å². The van der Waals surface area contributed by atoms with Crippen LogP contribution >= 0.6 is 23.4 Å². The number of rotatable bonds is 5. The van der Waals surface area contributed by atoms with E-state index in [0.717, 1.165) is 22.5 Å². The molecule has 1 saturated heterocycles. The molecule has 1 aliphatic heterocycles. The Hall–Kier alpha value is -1.98. The highest BCUT2D eigenvalue weighted by atomic mass is 35.5. The Morgan fingerprint density at radius 1 is 1.21 bits per heavy atom. The van der Waals surface area contributed by atoms with E-state index in [1.54, 1.807) is 11.8 Å². The van der Waals surface area contributed by atoms with Crippen molar-refractivity contribution in [1.82, 2.24) is 0 Å². The third-order valence-corrected chi connectivity index (χ3v) is 6.99. The molecule has 3 rings (SSSR count). The zero-order valence-corrected chi connectivity index (χ0v) is 18.2. The number of halogens is 1. The molecule has 1 N–H and O–H groups in total. The topological polar surface area (TPSA) is 49.4 Å². The van der Waals surface area contributed by atoms with Gasteiger partial charge in [-0.1, -0.05) is 24.3 Å². The summed E-state index contributed by atoms with van der Waals surface area (Å²) < 4.78 is 0. The van der Waals surface area contributed by atoms with Crippen molar-refractivity contribution in [3.8, 4) is 0 Å². The van der Waals surface area contributed by atoms with Crippen molar-refractivity contribution >= 4 is 46.6 Å². The van der Waals surface area contributed by atoms with Crippen LogP contribution < -0.4 is 10.2 Å². The van der Waals surface area contributed by atoms with E-state index < -0.39 is 5.41 Å². The van der Waals surface area contributed by atoms with E-state index in [-0.39, 0.29) is 23.1 Å². The number of alkyl halides is 1. The minimum absolute atomic E-state index is 0.0722. The van der Waals surface area contributed by atoms with E-state index in [1.165, 1.54) is 5.56 Å². The average Bonchev–Trinajstić information content (AvgIpc) is 3.06. The van der Waals surface area contributed by atoms with Crippen LogP contribution in [0.3, 0.4) is 0 Å². The lowest BCUT2D eigenvalue weighted by atomic mass is 9.95. The number of amides is 2. The SMILES string of the molecule is Cc1cccc(N2C(=O)CSC2c2ccc(NC(=O)C(C)(C)CCl)cc2)c1C. The zero-order chi connectivity index (χ0) is 20.5. The molecule has 6 heteroatoms. The first-order valence-electron chi connectivity index (χ1n) is 9.22. The summed E-state index contributed by atoms with van der Waals surface area (Å²) in [5.74, 6) is 0.714. The number of thioether (sulfide) groups is 1. The first-order chi connectivity index (χ1) is 13.2. The highest BCUT2D eigenvalue weighted by Gasteiger charge is 2.35. The Morgan fingerprint density at radius 3 is 2.54 bits per heavy atom. The number of nitrogens with one attached hydrogen (secondary N) is 1. The van der Waals surface area contributed by atoms with Gasteiger partial charge in [0.2, 0.25) is 11.8 Å². The first-order valence-corrected chi connectivity index (χ1v) is 10.8. The van der Waals surface area contributed by atoms with E-state index >= 15 is 0 Å². The summed E-state index contributed by atoms with van der Waals surface area (Å²) in [6, 6.07) is 13.7. The summed E-state index contributed by atoms with van der Waals surface area (Å²) >= 11 is 7.50. The van der Waals surface area contributed by atoms with Crippen LogP contribution in [0.4, 0.5) is 11.4 Å². The van der Waals surface area contributed by atoms with E-state index in [2.05, 4.69) is 25.2 Å². The summed E-state index contributed by atoms with van der Waals surface area (Å²) in [6.07, 6.45) is 0. The molecular formula is C22H25ClN2O2S. The molecule has 0 bridgehead atoms. The Kier molecular flexibility index (Phi) is 6.06. The normalized spacial score (nSPS) is 17.1. The molecule has 2 aromatic carbocycles. The van der Waals surface area contributed by atoms with Crippen molar-refractivity contribution < 1.29 is 9.59 Å². The molecule has 2 amide bonds. The van der Waals surface area contributed by atoms with Gasteiger partial charge in [-0.2, -0.15) is 0 Å². The fourth-order valence-electron chi connectivity index (χ4n) is 3.02. The predicted octanol–water partition coefficient (Wildman–Crippen LogP) is 5.29. The molecule has 1 fully saturated rings. The highest BCUT2D eigenvalue weighted by Crippen LogP contribution is 2.43. The van der Waals surface area contributed by atoms with Crippen LogP contribution in [0, 0.1) is 19.3 Å². The smallest absolute Gasteiger partial charge is 0.238 e. The summed E-state index contributed by atoms with van der Waals surface area (Å²) in [5, 5.41) is 2.84. The fraction of sp³-hybridized carbons (Fsp3) is 0.364. The third-order valence-electron chi connectivity index (χ3n) is 5.11. The van der Waals surface area contributed by atoms with Crippen molar-refractivity contribution in [2.75, 3.05) is 21.8 Å². The van der Waals surface area contributed by atoms with E-state index in [0.29, 0.717) is 5.75 Å². The molecule has 1 atom stereocenters. The number of hydrogen-bond acceptors (Lipinski definition) is 3. The second-order valence-electron chi connectivity index (χ2n) is 7.74. The molecular weight excluding hydrogens is 392 g/mol. The van der Waals surface area contributed by atoms with Crippen LogP contribution in [0.1, 0.15) is 35.9 Å². The van der Waals surface area contributed by atoms with E-state index in [1.807, 2.05) is 55.1 Å². The molecule has 28 heavy (non-hydrogen) atoms. The largest absolute Gasteiger partial charge is 0.326 e. The van der Waals surface area contributed by atoms with Crippen molar-refractivity contribution in [3.63, 3.8) is 0 Å². The molecule has 1 heterocycles. The fourth-order valence-corrected chi connectivity index (χ4v) is 4.31. The maximum Gasteiger partial charge on any atom is 0.238 e. The summed E-state index contributed by atoms with van der Waals surface area (Å²) in [7, 11) is 0. The van der Waals surface area contributed by atoms with Gasteiger partial charge in [0.1, 0.15) is 5.37 Å². The van der Waals surface area contributed by atoms with Crippen molar-refractivity contribution in [2.45, 2.75) is 33.1 Å². The molecule has 0 aromatic heterocycles. The summed E-state index contributed by atoms with van der Waals surface area (Å²) in [5.41, 5.74) is 4.37. The summed E-state index contributed by atoms with van der Waals surface area (Å²) in [6.45, 7) is 7.73. The lowest BCUT2D eigenvalue weighted by molar-refractivity contribution is -0.123. The standard InChI is InChI=1S/C22H25ClN2O2S/c1-14-6-5-7-18(15(14)2)25-19(26)12-28-20(25)16-8-10-17(11-9-16)24-21(27)22(3,4)13-23/h5-11,20H,12-13H2,1-4H3,(H,24,27). The van der Waals surface area contributed by atoms with Gasteiger partial charge in [-0.15, -0.1) is 23.4 Å². The molecule has 1 unspecified atom stereocenters. The maximum absolute atomic E-state index is 12.6. The highest BCUT2D eigenvalue weighted by molar-refractivity contribution is 8.00. The number of benzene rings is 2. The Labute approximate surface area is 175 Å². The van der Waals surface area contributed by atoms with Crippen LogP contribution in [0.15, 0.2) is 42.5 Å². The van der Waals surface area contributed by atoms with Crippen molar-refractivity contribution in [1.29, 1.82) is 0 Å². The number of hydrogen-bond donors (Lipinski definition) is 1. The monoisotopic (exact) mass is 416 g/mol. The third kappa shape index (κ3) is 4.06. The second-order valence-corrected chi connectivity index (χ2v) is 9.08. The van der Waals surface area contributed by atoms with Gasteiger partial charge < -0.3 is 5.32 Å². The minimum Gasteiger partial charge on any atom is -0.326 e. The molecule has 0 saturated carbocycles. The second kappa shape index (κ2) is 8.18. The van der Waals surface area contributed by atoms with Gasteiger partial charge >= 0.3 is 0 Å². The zero-order valence-electron chi connectivity index (χ0n) is 16.6. The van der Waals surface area contributed by atoms with E-state index in [4.69, 9.17) is 11.6 Å². The number of anilines is 2. The molecule has 0 radical (unpaired) electrons. The van der Waals surface area contributed by atoms with Crippen LogP contribution in [0.2, 0.25) is 0 Å². The maximum atomic E-state index is 12.6. The Morgan fingerprint density at radius 2 is 1.89 bits per heavy atom. The number of carbonyl (C=O) groups is 2. The average molecular weight is 417 g/mol. The Balaban J connectivity index is 1.84. The van der Waals surface area contributed by atoms with Crippen molar-refractivity contribution in [2.24, 2.45) is 5.41 Å². The van der Waals surface area contributed by atoms with Gasteiger partial charge in [0, 0.05) is 17.3 Å². The van der Waals surface area contributed by atoms with Gasteiger partial charge in [-0.05, 0) is 62.6 Å². The predicted molar refractivity (Wildman–Crippen MR) is 118 cm³/mol. The van der Waals surface area contributed by atoms with Crippen molar-refractivity contribution in [3.05, 3.63) is 59.2 Å². The van der Waals surface area contributed by atoms with Gasteiger partial charge in [0.25, 0.3) is 0 Å². The van der Waals surface area contributed by atoms with Crippen LogP contribution in [0.25, 0.3) is 0 Å². The van der Waals surface area contributed by atoms with Crippen LogP contribution in [-0.4, -0.2) is 23.4 Å². The lowest BCUT2D eigenvalue weighted by Crippen LogP contribution is -2.32. The first kappa shape index (κ1) is 20.7. The van der Waals surface area contributed by atoms with Crippen LogP contribution in [0.5, 0.6) is 0 Å². The van der Waals surface area contributed by atoms with Gasteiger partial charge in [0.15, 0.2) is 0 Å². The molecule has 148 valence electrons. The lowest BCUT2D eigenvalue weighted by Gasteiger charge is -2.27. The molecule has 1 aliphatic rings. The van der Waals surface area contributed by atoms with E-state index in [9.17, 15) is 9.59 Å². The quantitative estimate of drug-likeness (QED) is 0.674.